The molecule has 0 spiro atoms. The number of carbonyl (C=O) groups is 2. The Morgan fingerprint density at radius 1 is 1.23 bits per heavy atom. The molecule has 0 aliphatic carbocycles. The van der Waals surface area contributed by atoms with Gasteiger partial charge < -0.3 is 15.1 Å². The molecule has 2 atom stereocenters. The van der Waals surface area contributed by atoms with Crippen molar-refractivity contribution in [3.63, 3.8) is 0 Å². The zero-order valence-corrected chi connectivity index (χ0v) is 17.9. The second-order valence-corrected chi connectivity index (χ2v) is 8.44. The maximum Gasteiger partial charge on any atom is 0.282 e. The first-order valence-electron chi connectivity index (χ1n) is 11.0. The fourth-order valence-corrected chi connectivity index (χ4v) is 4.43. The number of carbonyl (C=O) groups excluding carboxylic acids is 2. The zero-order valence-electron chi connectivity index (χ0n) is 17.9. The number of hydrogen-bond donors (Lipinski definition) is 1. The molecule has 1 aromatic carbocycles. The lowest BCUT2D eigenvalue weighted by molar-refractivity contribution is -0.385. The van der Waals surface area contributed by atoms with Crippen molar-refractivity contribution in [3.8, 4) is 0 Å². The third-order valence-corrected chi connectivity index (χ3v) is 6.07. The van der Waals surface area contributed by atoms with Crippen molar-refractivity contribution in [1.29, 1.82) is 0 Å². The van der Waals surface area contributed by atoms with E-state index in [1.54, 1.807) is 17.0 Å². The van der Waals surface area contributed by atoms with Gasteiger partial charge in [-0.25, -0.2) is 0 Å². The zero-order chi connectivity index (χ0) is 21.7. The smallest absolute Gasteiger partial charge is 0.282 e. The molecule has 2 heterocycles. The predicted octanol–water partition coefficient (Wildman–Crippen LogP) is 3.35. The van der Waals surface area contributed by atoms with Gasteiger partial charge in [0.25, 0.3) is 11.6 Å². The van der Waals surface area contributed by atoms with E-state index in [1.165, 1.54) is 6.07 Å². The highest BCUT2D eigenvalue weighted by Crippen LogP contribution is 2.30. The Balaban J connectivity index is 1.77. The third kappa shape index (κ3) is 5.09. The first-order chi connectivity index (χ1) is 14.4. The lowest BCUT2D eigenvalue weighted by Gasteiger charge is -2.34. The summed E-state index contributed by atoms with van der Waals surface area (Å²) in [5.74, 6) is -0.331. The van der Waals surface area contributed by atoms with Crippen LogP contribution < -0.4 is 10.2 Å². The Morgan fingerprint density at radius 2 is 1.97 bits per heavy atom. The molecule has 2 unspecified atom stereocenters. The standard InChI is InChI=1S/C22H32N4O4/c1-3-7-16(2)23-21(27)17-8-6-13-25(15-17)18-9-10-20(26(29)30)19(14-18)22(28)24-11-4-5-12-24/h9-10,14,16-17H,3-8,11-13,15H2,1-2H3,(H,23,27). The van der Waals surface area contributed by atoms with E-state index >= 15 is 0 Å². The Morgan fingerprint density at radius 3 is 2.63 bits per heavy atom. The number of nitro benzene ring substituents is 1. The number of benzene rings is 1. The Kier molecular flexibility index (Phi) is 7.29. The first kappa shape index (κ1) is 22.1. The van der Waals surface area contributed by atoms with Crippen molar-refractivity contribution in [3.05, 3.63) is 33.9 Å². The third-order valence-electron chi connectivity index (χ3n) is 6.07. The van der Waals surface area contributed by atoms with Gasteiger partial charge in [0.1, 0.15) is 5.56 Å². The van der Waals surface area contributed by atoms with Crippen LogP contribution in [0.1, 0.15) is 62.7 Å². The quantitative estimate of drug-likeness (QED) is 0.543. The molecule has 3 rings (SSSR count). The number of likely N-dealkylation sites (tertiary alicyclic amines) is 1. The fraction of sp³-hybridized carbons (Fsp3) is 0.636. The molecular formula is C22H32N4O4. The molecule has 164 valence electrons. The number of nitrogens with one attached hydrogen (secondary N) is 1. The van der Waals surface area contributed by atoms with E-state index in [1.807, 2.05) is 6.92 Å². The summed E-state index contributed by atoms with van der Waals surface area (Å²) in [5, 5.41) is 14.6. The van der Waals surface area contributed by atoms with Gasteiger partial charge in [0.2, 0.25) is 5.91 Å². The molecule has 2 amide bonds. The van der Waals surface area contributed by atoms with Gasteiger partial charge in [-0.3, -0.25) is 19.7 Å². The van der Waals surface area contributed by atoms with E-state index in [0.717, 1.165) is 50.8 Å². The molecule has 0 bridgehead atoms. The van der Waals surface area contributed by atoms with Gasteiger partial charge in [-0.05, 0) is 51.2 Å². The van der Waals surface area contributed by atoms with Crippen molar-refractivity contribution in [2.75, 3.05) is 31.1 Å². The van der Waals surface area contributed by atoms with Crippen LogP contribution in [-0.2, 0) is 4.79 Å². The summed E-state index contributed by atoms with van der Waals surface area (Å²) < 4.78 is 0. The number of piperidine rings is 1. The van der Waals surface area contributed by atoms with Gasteiger partial charge in [0, 0.05) is 44.0 Å². The molecule has 1 N–H and O–H groups in total. The molecule has 2 aliphatic rings. The summed E-state index contributed by atoms with van der Waals surface area (Å²) in [6.45, 7) is 6.72. The van der Waals surface area contributed by atoms with E-state index in [4.69, 9.17) is 0 Å². The molecule has 8 heteroatoms. The minimum Gasteiger partial charge on any atom is -0.371 e. The minimum atomic E-state index is -0.491. The molecule has 2 aliphatic heterocycles. The minimum absolute atomic E-state index is 0.0657. The van der Waals surface area contributed by atoms with Crippen LogP contribution in [0.25, 0.3) is 0 Å². The fourth-order valence-electron chi connectivity index (χ4n) is 4.43. The number of anilines is 1. The lowest BCUT2D eigenvalue weighted by Crippen LogP contribution is -2.45. The van der Waals surface area contributed by atoms with Crippen molar-refractivity contribution < 1.29 is 14.5 Å². The maximum absolute atomic E-state index is 12.9. The van der Waals surface area contributed by atoms with E-state index in [9.17, 15) is 19.7 Å². The Bertz CT molecular complexity index is 791. The lowest BCUT2D eigenvalue weighted by atomic mass is 9.95. The number of nitrogens with zero attached hydrogens (tertiary/aromatic N) is 3. The van der Waals surface area contributed by atoms with E-state index in [2.05, 4.69) is 17.1 Å². The summed E-state index contributed by atoms with van der Waals surface area (Å²) >= 11 is 0. The summed E-state index contributed by atoms with van der Waals surface area (Å²) in [7, 11) is 0. The molecule has 1 aromatic rings. The van der Waals surface area contributed by atoms with Crippen molar-refractivity contribution >= 4 is 23.2 Å². The molecule has 0 aromatic heterocycles. The highest BCUT2D eigenvalue weighted by Gasteiger charge is 2.30. The van der Waals surface area contributed by atoms with Crippen LogP contribution in [-0.4, -0.2) is 53.9 Å². The summed E-state index contributed by atoms with van der Waals surface area (Å²) in [5.41, 5.74) is 0.750. The van der Waals surface area contributed by atoms with Gasteiger partial charge in [-0.15, -0.1) is 0 Å². The van der Waals surface area contributed by atoms with Gasteiger partial charge >= 0.3 is 0 Å². The monoisotopic (exact) mass is 416 g/mol. The Labute approximate surface area is 177 Å². The van der Waals surface area contributed by atoms with Crippen LogP contribution in [0, 0.1) is 16.0 Å². The molecule has 0 radical (unpaired) electrons. The topological polar surface area (TPSA) is 95.8 Å². The summed E-state index contributed by atoms with van der Waals surface area (Å²) in [6.07, 6.45) is 5.53. The number of hydrogen-bond acceptors (Lipinski definition) is 5. The van der Waals surface area contributed by atoms with Crippen LogP contribution in [0.15, 0.2) is 18.2 Å². The van der Waals surface area contributed by atoms with Crippen LogP contribution in [0.3, 0.4) is 0 Å². The highest BCUT2D eigenvalue weighted by molar-refractivity contribution is 5.99. The molecule has 2 saturated heterocycles. The second kappa shape index (κ2) is 9.91. The first-order valence-corrected chi connectivity index (χ1v) is 11.0. The SMILES string of the molecule is CCCC(C)NC(=O)C1CCCN(c2ccc([N+](=O)[O-])c(C(=O)N3CCCC3)c2)C1. The van der Waals surface area contributed by atoms with Crippen molar-refractivity contribution in [2.24, 2.45) is 5.92 Å². The number of nitro groups is 1. The van der Waals surface area contributed by atoms with E-state index < -0.39 is 4.92 Å². The van der Waals surface area contributed by atoms with Gasteiger partial charge in [-0.1, -0.05) is 13.3 Å². The molecule has 0 saturated carbocycles. The average molecular weight is 417 g/mol. The molecule has 2 fully saturated rings. The number of rotatable bonds is 7. The molecular weight excluding hydrogens is 384 g/mol. The van der Waals surface area contributed by atoms with Gasteiger partial charge in [-0.2, -0.15) is 0 Å². The molecule has 8 nitrogen and oxygen atoms in total. The van der Waals surface area contributed by atoms with E-state index in [-0.39, 0.29) is 35.0 Å². The van der Waals surface area contributed by atoms with E-state index in [0.29, 0.717) is 19.6 Å². The second-order valence-electron chi connectivity index (χ2n) is 8.44. The number of amides is 2. The van der Waals surface area contributed by atoms with Gasteiger partial charge in [0.15, 0.2) is 0 Å². The maximum atomic E-state index is 12.9. The Hall–Kier alpha value is -2.64. The van der Waals surface area contributed by atoms with Crippen molar-refractivity contribution in [2.45, 2.75) is 58.4 Å². The highest BCUT2D eigenvalue weighted by atomic mass is 16.6. The van der Waals surface area contributed by atoms with Crippen molar-refractivity contribution in [1.82, 2.24) is 10.2 Å². The summed E-state index contributed by atoms with van der Waals surface area (Å²) in [6, 6.07) is 4.91. The van der Waals surface area contributed by atoms with Gasteiger partial charge in [0.05, 0.1) is 10.8 Å². The van der Waals surface area contributed by atoms with Crippen LogP contribution >= 0.6 is 0 Å². The average Bonchev–Trinajstić information content (AvgIpc) is 3.28. The van der Waals surface area contributed by atoms with Crippen LogP contribution in [0.4, 0.5) is 11.4 Å². The molecule has 30 heavy (non-hydrogen) atoms. The summed E-state index contributed by atoms with van der Waals surface area (Å²) in [4.78, 5) is 40.3. The normalized spacial score (nSPS) is 20.1. The van der Waals surface area contributed by atoms with Crippen LogP contribution in [0.5, 0.6) is 0 Å². The van der Waals surface area contributed by atoms with Crippen LogP contribution in [0.2, 0.25) is 0 Å². The largest absolute Gasteiger partial charge is 0.371 e. The predicted molar refractivity (Wildman–Crippen MR) is 116 cm³/mol.